The summed E-state index contributed by atoms with van der Waals surface area (Å²) in [5, 5.41) is 0.550. The molecule has 0 unspecified atom stereocenters. The van der Waals surface area contributed by atoms with Crippen LogP contribution in [0.4, 0.5) is 5.69 Å². The predicted molar refractivity (Wildman–Crippen MR) is 104 cm³/mol. The number of hydrogen-bond acceptors (Lipinski definition) is 3. The first-order valence-corrected chi connectivity index (χ1v) is 10.4. The van der Waals surface area contributed by atoms with Crippen molar-refractivity contribution >= 4 is 33.2 Å². The largest absolute Gasteiger partial charge is 0.311 e. The van der Waals surface area contributed by atoms with Crippen molar-refractivity contribution in [2.24, 2.45) is 0 Å². The van der Waals surface area contributed by atoms with Gasteiger partial charge in [0.05, 0.1) is 5.75 Å². The van der Waals surface area contributed by atoms with Crippen LogP contribution in [0.1, 0.15) is 23.1 Å². The van der Waals surface area contributed by atoms with Crippen LogP contribution < -0.4 is 9.62 Å². The second-order valence-electron chi connectivity index (χ2n) is 6.60. The second kappa shape index (κ2) is 7.39. The minimum absolute atomic E-state index is 0.183. The van der Waals surface area contributed by atoms with Gasteiger partial charge in [-0.15, -0.1) is 0 Å². The van der Waals surface area contributed by atoms with E-state index in [0.717, 1.165) is 16.8 Å². The van der Waals surface area contributed by atoms with Crippen molar-refractivity contribution in [3.63, 3.8) is 0 Å². The van der Waals surface area contributed by atoms with Crippen LogP contribution >= 0.6 is 11.6 Å². The molecule has 1 aliphatic rings. The monoisotopic (exact) mass is 392 g/mol. The molecule has 0 spiro atoms. The van der Waals surface area contributed by atoms with Crippen LogP contribution in [0.3, 0.4) is 0 Å². The number of aryl methyl sites for hydroxylation is 2. The van der Waals surface area contributed by atoms with E-state index in [4.69, 9.17) is 11.6 Å². The standard InChI is InChI=1S/C19H21ClN2O3S/c1-13-3-8-17(11-14(13)2)22-10-9-18(19(22)23)21-26(24,25)12-15-4-6-16(20)7-5-15/h3-8,11,18,21H,9-10,12H2,1-2H3/t18-/m1/s1. The summed E-state index contributed by atoms with van der Waals surface area (Å²) < 4.78 is 27.4. The van der Waals surface area contributed by atoms with Gasteiger partial charge in [-0.25, -0.2) is 13.1 Å². The first-order chi connectivity index (χ1) is 12.2. The molecule has 26 heavy (non-hydrogen) atoms. The lowest BCUT2D eigenvalue weighted by molar-refractivity contribution is -0.118. The molecule has 1 heterocycles. The van der Waals surface area contributed by atoms with Gasteiger partial charge < -0.3 is 4.90 Å². The molecule has 1 saturated heterocycles. The van der Waals surface area contributed by atoms with Crippen molar-refractivity contribution in [2.75, 3.05) is 11.4 Å². The summed E-state index contributed by atoms with van der Waals surface area (Å²) in [5.41, 5.74) is 3.68. The maximum atomic E-state index is 12.7. The number of halogens is 1. The van der Waals surface area contributed by atoms with Crippen LogP contribution in [0.25, 0.3) is 0 Å². The fraction of sp³-hybridized carbons (Fsp3) is 0.316. The average molecular weight is 393 g/mol. The Bertz CT molecular complexity index is 926. The Kier molecular flexibility index (Phi) is 5.37. The molecule has 1 atom stereocenters. The molecule has 138 valence electrons. The molecule has 0 bridgehead atoms. The number of nitrogens with zero attached hydrogens (tertiary/aromatic N) is 1. The summed E-state index contributed by atoms with van der Waals surface area (Å²) in [6, 6.07) is 11.7. The van der Waals surface area contributed by atoms with E-state index < -0.39 is 16.1 Å². The number of nitrogens with one attached hydrogen (secondary N) is 1. The Hall–Kier alpha value is -1.89. The van der Waals surface area contributed by atoms with Crippen LogP contribution in [0.5, 0.6) is 0 Å². The van der Waals surface area contributed by atoms with Gasteiger partial charge >= 0.3 is 0 Å². The molecule has 3 rings (SSSR count). The molecule has 1 fully saturated rings. The number of anilines is 1. The van der Waals surface area contributed by atoms with Gasteiger partial charge in [-0.1, -0.05) is 29.8 Å². The summed E-state index contributed by atoms with van der Waals surface area (Å²) in [7, 11) is -3.62. The van der Waals surface area contributed by atoms with Gasteiger partial charge in [0.1, 0.15) is 6.04 Å². The number of carbonyl (C=O) groups excluding carboxylic acids is 1. The number of carbonyl (C=O) groups is 1. The second-order valence-corrected chi connectivity index (χ2v) is 8.79. The Labute approximate surface area is 159 Å². The lowest BCUT2D eigenvalue weighted by Gasteiger charge is -2.18. The third-order valence-corrected chi connectivity index (χ3v) is 6.21. The summed E-state index contributed by atoms with van der Waals surface area (Å²) in [4.78, 5) is 14.3. The van der Waals surface area contributed by atoms with Gasteiger partial charge in [0, 0.05) is 17.3 Å². The minimum Gasteiger partial charge on any atom is -0.311 e. The molecule has 1 N–H and O–H groups in total. The lowest BCUT2D eigenvalue weighted by atomic mass is 10.1. The first kappa shape index (κ1) is 18.9. The Morgan fingerprint density at radius 2 is 1.81 bits per heavy atom. The van der Waals surface area contributed by atoms with E-state index >= 15 is 0 Å². The van der Waals surface area contributed by atoms with Gasteiger partial charge in [-0.2, -0.15) is 0 Å². The predicted octanol–water partition coefficient (Wildman–Crippen LogP) is 3.18. The Morgan fingerprint density at radius 3 is 2.46 bits per heavy atom. The summed E-state index contributed by atoms with van der Waals surface area (Å²) >= 11 is 5.82. The fourth-order valence-electron chi connectivity index (χ4n) is 3.00. The topological polar surface area (TPSA) is 66.5 Å². The van der Waals surface area contributed by atoms with Crippen LogP contribution in [-0.4, -0.2) is 26.9 Å². The van der Waals surface area contributed by atoms with Crippen molar-refractivity contribution in [1.29, 1.82) is 0 Å². The SMILES string of the molecule is Cc1ccc(N2CC[C@@H](NS(=O)(=O)Cc3ccc(Cl)cc3)C2=O)cc1C. The van der Waals surface area contributed by atoms with Gasteiger partial charge in [0.2, 0.25) is 15.9 Å². The molecule has 0 aliphatic carbocycles. The zero-order valence-corrected chi connectivity index (χ0v) is 16.3. The van der Waals surface area contributed by atoms with Crippen LogP contribution in [0.15, 0.2) is 42.5 Å². The van der Waals surface area contributed by atoms with E-state index in [1.807, 2.05) is 32.0 Å². The highest BCUT2D eigenvalue weighted by Crippen LogP contribution is 2.24. The first-order valence-electron chi connectivity index (χ1n) is 8.38. The lowest BCUT2D eigenvalue weighted by Crippen LogP contribution is -2.42. The van der Waals surface area contributed by atoms with Crippen LogP contribution in [-0.2, 0) is 20.6 Å². The summed E-state index contributed by atoms with van der Waals surface area (Å²) in [5.74, 6) is -0.398. The zero-order valence-electron chi connectivity index (χ0n) is 14.7. The number of benzene rings is 2. The molecule has 2 aromatic rings. The van der Waals surface area contributed by atoms with Gasteiger partial charge in [-0.05, 0) is 61.2 Å². The Balaban J connectivity index is 1.69. The fourth-order valence-corrected chi connectivity index (χ4v) is 4.49. The van der Waals surface area contributed by atoms with Gasteiger partial charge in [0.15, 0.2) is 0 Å². The van der Waals surface area contributed by atoms with E-state index in [-0.39, 0.29) is 11.7 Å². The number of rotatable bonds is 5. The molecule has 0 aromatic heterocycles. The highest BCUT2D eigenvalue weighted by atomic mass is 35.5. The average Bonchev–Trinajstić information content (AvgIpc) is 2.92. The molecular formula is C19H21ClN2O3S. The van der Waals surface area contributed by atoms with Crippen LogP contribution in [0, 0.1) is 13.8 Å². The van der Waals surface area contributed by atoms with Crippen molar-refractivity contribution in [3.8, 4) is 0 Å². The van der Waals surface area contributed by atoms with Gasteiger partial charge in [-0.3, -0.25) is 4.79 Å². The van der Waals surface area contributed by atoms with E-state index in [2.05, 4.69) is 4.72 Å². The summed E-state index contributed by atoms with van der Waals surface area (Å²) in [6.07, 6.45) is 0.450. The van der Waals surface area contributed by atoms with Crippen molar-refractivity contribution in [3.05, 3.63) is 64.2 Å². The van der Waals surface area contributed by atoms with E-state index in [1.54, 1.807) is 29.2 Å². The normalized spacial score (nSPS) is 17.7. The van der Waals surface area contributed by atoms with Gasteiger partial charge in [0.25, 0.3) is 0 Å². The molecule has 7 heteroatoms. The van der Waals surface area contributed by atoms with Crippen molar-refractivity contribution < 1.29 is 13.2 Å². The zero-order chi connectivity index (χ0) is 18.9. The smallest absolute Gasteiger partial charge is 0.245 e. The molecule has 5 nitrogen and oxygen atoms in total. The van der Waals surface area contributed by atoms with Crippen molar-refractivity contribution in [2.45, 2.75) is 32.1 Å². The highest BCUT2D eigenvalue weighted by molar-refractivity contribution is 7.88. The molecule has 2 aromatic carbocycles. The number of sulfonamides is 1. The third-order valence-electron chi connectivity index (χ3n) is 4.60. The highest BCUT2D eigenvalue weighted by Gasteiger charge is 2.35. The molecule has 1 aliphatic heterocycles. The minimum atomic E-state index is -3.62. The van der Waals surface area contributed by atoms with E-state index in [0.29, 0.717) is 23.6 Å². The maximum Gasteiger partial charge on any atom is 0.245 e. The molecule has 1 amide bonds. The number of amides is 1. The van der Waals surface area contributed by atoms with E-state index in [9.17, 15) is 13.2 Å². The summed E-state index contributed by atoms with van der Waals surface area (Å²) in [6.45, 7) is 4.50. The van der Waals surface area contributed by atoms with E-state index in [1.165, 1.54) is 0 Å². The molecular weight excluding hydrogens is 372 g/mol. The van der Waals surface area contributed by atoms with Crippen LogP contribution in [0.2, 0.25) is 5.02 Å². The Morgan fingerprint density at radius 1 is 1.12 bits per heavy atom. The molecule has 0 radical (unpaired) electrons. The number of hydrogen-bond donors (Lipinski definition) is 1. The molecule has 0 saturated carbocycles. The van der Waals surface area contributed by atoms with Crippen molar-refractivity contribution in [1.82, 2.24) is 4.72 Å². The quantitative estimate of drug-likeness (QED) is 0.849. The third kappa shape index (κ3) is 4.26. The maximum absolute atomic E-state index is 12.7.